The molecule has 0 fully saturated rings. The summed E-state index contributed by atoms with van der Waals surface area (Å²) in [4.78, 5) is 17.4. The van der Waals surface area contributed by atoms with Crippen molar-refractivity contribution in [3.63, 3.8) is 0 Å². The number of rotatable bonds is 4. The van der Waals surface area contributed by atoms with E-state index < -0.39 is 0 Å². The van der Waals surface area contributed by atoms with Gasteiger partial charge in [0.25, 0.3) is 0 Å². The molecule has 128 valence electrons. The molecule has 0 bridgehead atoms. The van der Waals surface area contributed by atoms with Crippen molar-refractivity contribution in [1.29, 1.82) is 0 Å². The standard InChI is InChI=1S/C17H17ClN6S/c1-25-17-21-9-11(15(18)22-17)10-24-13-6-3-2-5-12(13)14(23-24)16-19-7-4-8-20-16/h4,7-9H,2-3,5-6,10H2,1H3. The van der Waals surface area contributed by atoms with Gasteiger partial charge >= 0.3 is 0 Å². The van der Waals surface area contributed by atoms with E-state index >= 15 is 0 Å². The second-order valence-corrected chi connectivity index (χ2v) is 7.02. The third kappa shape index (κ3) is 3.26. The van der Waals surface area contributed by atoms with E-state index in [9.17, 15) is 0 Å². The lowest BCUT2D eigenvalue weighted by Crippen LogP contribution is -2.11. The summed E-state index contributed by atoms with van der Waals surface area (Å²) < 4.78 is 2.02. The number of halogens is 1. The van der Waals surface area contributed by atoms with Crippen molar-refractivity contribution in [3.8, 4) is 11.5 Å². The van der Waals surface area contributed by atoms with Gasteiger partial charge in [0.2, 0.25) is 0 Å². The molecular weight excluding hydrogens is 356 g/mol. The van der Waals surface area contributed by atoms with Gasteiger partial charge in [-0.25, -0.2) is 19.9 Å². The highest BCUT2D eigenvalue weighted by molar-refractivity contribution is 7.98. The van der Waals surface area contributed by atoms with E-state index in [0.717, 1.165) is 24.1 Å². The summed E-state index contributed by atoms with van der Waals surface area (Å²) in [5, 5.41) is 5.97. The summed E-state index contributed by atoms with van der Waals surface area (Å²) in [5.41, 5.74) is 4.26. The van der Waals surface area contributed by atoms with Crippen LogP contribution in [0.2, 0.25) is 5.15 Å². The van der Waals surface area contributed by atoms with Gasteiger partial charge in [0.05, 0.1) is 6.54 Å². The van der Waals surface area contributed by atoms with Crippen molar-refractivity contribution in [3.05, 3.63) is 46.6 Å². The fraction of sp³-hybridized carbons (Fsp3) is 0.353. The van der Waals surface area contributed by atoms with Crippen LogP contribution in [0.4, 0.5) is 0 Å². The molecule has 0 aliphatic heterocycles. The average molecular weight is 373 g/mol. The predicted octanol–water partition coefficient (Wildman–Crippen LogP) is 3.43. The third-order valence-electron chi connectivity index (χ3n) is 4.33. The Morgan fingerprint density at radius 1 is 1.16 bits per heavy atom. The van der Waals surface area contributed by atoms with E-state index in [4.69, 9.17) is 16.7 Å². The Kier molecular flexibility index (Phi) is 4.67. The van der Waals surface area contributed by atoms with Gasteiger partial charge in [0.15, 0.2) is 11.0 Å². The van der Waals surface area contributed by atoms with Crippen LogP contribution in [0, 0.1) is 0 Å². The topological polar surface area (TPSA) is 69.4 Å². The maximum Gasteiger partial charge on any atom is 0.188 e. The summed E-state index contributed by atoms with van der Waals surface area (Å²) >= 11 is 7.81. The molecule has 0 saturated heterocycles. The Hall–Kier alpha value is -1.99. The highest BCUT2D eigenvalue weighted by Crippen LogP contribution is 2.30. The van der Waals surface area contributed by atoms with Crippen LogP contribution in [0.3, 0.4) is 0 Å². The molecule has 3 aromatic rings. The predicted molar refractivity (Wildman–Crippen MR) is 97.8 cm³/mol. The van der Waals surface area contributed by atoms with Gasteiger partial charge in [0.1, 0.15) is 10.8 Å². The van der Waals surface area contributed by atoms with E-state index in [0.29, 0.717) is 22.7 Å². The van der Waals surface area contributed by atoms with Gasteiger partial charge in [-0.2, -0.15) is 5.10 Å². The summed E-state index contributed by atoms with van der Waals surface area (Å²) in [5.74, 6) is 0.680. The largest absolute Gasteiger partial charge is 0.264 e. The molecule has 3 aromatic heterocycles. The van der Waals surface area contributed by atoms with Gasteiger partial charge in [-0.05, 0) is 38.0 Å². The van der Waals surface area contributed by atoms with E-state index in [2.05, 4.69) is 19.9 Å². The first kappa shape index (κ1) is 16.5. The van der Waals surface area contributed by atoms with Crippen LogP contribution >= 0.6 is 23.4 Å². The van der Waals surface area contributed by atoms with Crippen LogP contribution in [0.5, 0.6) is 0 Å². The van der Waals surface area contributed by atoms with Gasteiger partial charge in [-0.1, -0.05) is 23.4 Å². The summed E-state index contributed by atoms with van der Waals surface area (Å²) in [6.45, 7) is 0.558. The minimum absolute atomic E-state index is 0.483. The number of nitrogens with zero attached hydrogens (tertiary/aromatic N) is 6. The van der Waals surface area contributed by atoms with Crippen molar-refractivity contribution >= 4 is 23.4 Å². The zero-order chi connectivity index (χ0) is 17.2. The van der Waals surface area contributed by atoms with E-state index in [1.165, 1.54) is 35.9 Å². The molecule has 1 aliphatic rings. The quantitative estimate of drug-likeness (QED) is 0.397. The molecule has 1 aliphatic carbocycles. The molecule has 0 aromatic carbocycles. The fourth-order valence-electron chi connectivity index (χ4n) is 3.14. The smallest absolute Gasteiger partial charge is 0.188 e. The first-order valence-electron chi connectivity index (χ1n) is 8.17. The monoisotopic (exact) mass is 372 g/mol. The van der Waals surface area contributed by atoms with Gasteiger partial charge in [-0.15, -0.1) is 0 Å². The molecular formula is C17H17ClN6S. The Morgan fingerprint density at radius 3 is 2.72 bits per heavy atom. The maximum absolute atomic E-state index is 6.33. The van der Waals surface area contributed by atoms with Crippen LogP contribution in [0.15, 0.2) is 29.8 Å². The molecule has 0 atom stereocenters. The Morgan fingerprint density at radius 2 is 1.96 bits per heavy atom. The van der Waals surface area contributed by atoms with E-state index in [1.807, 2.05) is 17.0 Å². The van der Waals surface area contributed by atoms with Crippen molar-refractivity contribution in [2.45, 2.75) is 37.4 Å². The summed E-state index contributed by atoms with van der Waals surface area (Å²) in [7, 11) is 0. The Balaban J connectivity index is 1.74. The number of hydrogen-bond acceptors (Lipinski definition) is 6. The third-order valence-corrected chi connectivity index (χ3v) is 5.22. The van der Waals surface area contributed by atoms with Crippen LogP contribution < -0.4 is 0 Å². The first-order chi connectivity index (χ1) is 12.3. The lowest BCUT2D eigenvalue weighted by molar-refractivity contribution is 0.593. The molecule has 6 nitrogen and oxygen atoms in total. The summed E-state index contributed by atoms with van der Waals surface area (Å²) in [6, 6.07) is 1.82. The number of fused-ring (bicyclic) bond motifs is 1. The number of aromatic nitrogens is 6. The zero-order valence-electron chi connectivity index (χ0n) is 13.8. The van der Waals surface area contributed by atoms with E-state index in [-0.39, 0.29) is 0 Å². The van der Waals surface area contributed by atoms with Crippen LogP contribution in [0.1, 0.15) is 29.7 Å². The van der Waals surface area contributed by atoms with Crippen molar-refractivity contribution in [1.82, 2.24) is 29.7 Å². The second-order valence-electron chi connectivity index (χ2n) is 5.88. The molecule has 0 N–H and O–H groups in total. The SMILES string of the molecule is CSc1ncc(Cn2nc(-c3ncccn3)c3c2CCCC3)c(Cl)n1. The Labute approximate surface area is 155 Å². The first-order valence-corrected chi connectivity index (χ1v) is 9.78. The highest BCUT2D eigenvalue weighted by atomic mass is 35.5. The van der Waals surface area contributed by atoms with Gasteiger partial charge in [-0.3, -0.25) is 4.68 Å². The summed E-state index contributed by atoms with van der Waals surface area (Å²) in [6.07, 6.45) is 11.6. The molecule has 0 unspecified atom stereocenters. The molecule has 0 saturated carbocycles. The maximum atomic E-state index is 6.33. The van der Waals surface area contributed by atoms with Crippen LogP contribution in [-0.4, -0.2) is 36.0 Å². The van der Waals surface area contributed by atoms with Crippen molar-refractivity contribution in [2.24, 2.45) is 0 Å². The van der Waals surface area contributed by atoms with Crippen LogP contribution in [-0.2, 0) is 19.4 Å². The van der Waals surface area contributed by atoms with Crippen molar-refractivity contribution in [2.75, 3.05) is 6.26 Å². The normalized spacial score (nSPS) is 13.7. The van der Waals surface area contributed by atoms with Crippen molar-refractivity contribution < 1.29 is 0 Å². The fourth-order valence-corrected chi connectivity index (χ4v) is 3.72. The lowest BCUT2D eigenvalue weighted by Gasteiger charge is -2.14. The Bertz CT molecular complexity index is 896. The second kappa shape index (κ2) is 7.09. The average Bonchev–Trinajstić information content (AvgIpc) is 3.03. The number of thioether (sulfide) groups is 1. The molecule has 0 spiro atoms. The molecule has 3 heterocycles. The van der Waals surface area contributed by atoms with E-state index in [1.54, 1.807) is 18.6 Å². The lowest BCUT2D eigenvalue weighted by atomic mass is 9.95. The van der Waals surface area contributed by atoms with Gasteiger partial charge < -0.3 is 0 Å². The van der Waals surface area contributed by atoms with Gasteiger partial charge in [0, 0.05) is 35.4 Å². The van der Waals surface area contributed by atoms with Crippen LogP contribution in [0.25, 0.3) is 11.5 Å². The number of hydrogen-bond donors (Lipinski definition) is 0. The zero-order valence-corrected chi connectivity index (χ0v) is 15.4. The molecule has 4 rings (SSSR count). The molecule has 8 heteroatoms. The highest BCUT2D eigenvalue weighted by Gasteiger charge is 2.23. The molecule has 0 amide bonds. The minimum Gasteiger partial charge on any atom is -0.264 e. The minimum atomic E-state index is 0.483. The molecule has 0 radical (unpaired) electrons. The molecule has 25 heavy (non-hydrogen) atoms.